The van der Waals surface area contributed by atoms with Gasteiger partial charge < -0.3 is 19.9 Å². The summed E-state index contributed by atoms with van der Waals surface area (Å²) in [5, 5.41) is 13.1. The van der Waals surface area contributed by atoms with Crippen LogP contribution in [-0.2, 0) is 0 Å². The Morgan fingerprint density at radius 1 is 1.14 bits per heavy atom. The van der Waals surface area contributed by atoms with Crippen LogP contribution < -0.4 is 14.8 Å². The molecule has 150 valence electrons. The summed E-state index contributed by atoms with van der Waals surface area (Å²) in [6.45, 7) is -0.0198. The molecule has 0 saturated heterocycles. The lowest BCUT2D eigenvalue weighted by atomic mass is 10.1. The number of benzene rings is 2. The van der Waals surface area contributed by atoms with Crippen LogP contribution in [0.2, 0.25) is 0 Å². The minimum absolute atomic E-state index is 0.0198. The fraction of sp³-hybridized carbons (Fsp3) is 0.182. The van der Waals surface area contributed by atoms with E-state index in [4.69, 9.17) is 9.47 Å². The van der Waals surface area contributed by atoms with Crippen molar-refractivity contribution in [1.82, 2.24) is 10.3 Å². The van der Waals surface area contributed by atoms with Crippen LogP contribution in [0.4, 0.5) is 4.39 Å². The van der Waals surface area contributed by atoms with Gasteiger partial charge in [0.15, 0.2) is 0 Å². The van der Waals surface area contributed by atoms with Crippen molar-refractivity contribution in [2.75, 3.05) is 20.8 Å². The number of rotatable bonds is 7. The zero-order valence-electron chi connectivity index (χ0n) is 16.1. The molecule has 29 heavy (non-hydrogen) atoms. The molecule has 0 aliphatic rings. The molecule has 0 spiro atoms. The Bertz CT molecular complexity index is 992. The molecule has 7 heteroatoms. The van der Waals surface area contributed by atoms with Crippen molar-refractivity contribution in [3.63, 3.8) is 0 Å². The number of carbonyl (C=O) groups is 1. The van der Waals surface area contributed by atoms with Crippen LogP contribution in [0, 0.1) is 5.82 Å². The third-order valence-electron chi connectivity index (χ3n) is 4.40. The Morgan fingerprint density at radius 2 is 1.97 bits per heavy atom. The van der Waals surface area contributed by atoms with Gasteiger partial charge in [0.2, 0.25) is 0 Å². The second-order valence-corrected chi connectivity index (χ2v) is 6.28. The molecule has 0 bridgehead atoms. The quantitative estimate of drug-likeness (QED) is 0.640. The van der Waals surface area contributed by atoms with Gasteiger partial charge in [-0.25, -0.2) is 4.39 Å². The van der Waals surface area contributed by atoms with Crippen molar-refractivity contribution in [2.24, 2.45) is 0 Å². The highest BCUT2D eigenvalue weighted by atomic mass is 19.1. The number of aliphatic hydroxyl groups excluding tert-OH is 1. The van der Waals surface area contributed by atoms with Gasteiger partial charge in [0.1, 0.15) is 23.4 Å². The summed E-state index contributed by atoms with van der Waals surface area (Å²) in [6, 6.07) is 14.4. The molecule has 2 aromatic carbocycles. The zero-order valence-corrected chi connectivity index (χ0v) is 16.1. The van der Waals surface area contributed by atoms with E-state index in [0.29, 0.717) is 33.9 Å². The highest BCUT2D eigenvalue weighted by Crippen LogP contribution is 2.29. The molecule has 3 aromatic rings. The van der Waals surface area contributed by atoms with Gasteiger partial charge >= 0.3 is 0 Å². The third-order valence-corrected chi connectivity index (χ3v) is 4.40. The smallest absolute Gasteiger partial charge is 0.252 e. The van der Waals surface area contributed by atoms with E-state index in [0.717, 1.165) is 0 Å². The van der Waals surface area contributed by atoms with Crippen LogP contribution >= 0.6 is 0 Å². The van der Waals surface area contributed by atoms with Gasteiger partial charge in [-0.1, -0.05) is 12.1 Å². The van der Waals surface area contributed by atoms with Crippen LogP contribution in [0.5, 0.6) is 11.5 Å². The number of pyridine rings is 1. The summed E-state index contributed by atoms with van der Waals surface area (Å²) >= 11 is 0. The van der Waals surface area contributed by atoms with Gasteiger partial charge in [0.25, 0.3) is 5.91 Å². The lowest BCUT2D eigenvalue weighted by molar-refractivity contribution is 0.0914. The number of carbonyl (C=O) groups excluding carboxylic acids is 1. The highest BCUT2D eigenvalue weighted by molar-refractivity contribution is 5.94. The van der Waals surface area contributed by atoms with Crippen molar-refractivity contribution in [1.29, 1.82) is 0 Å². The first-order chi connectivity index (χ1) is 14.0. The number of halogens is 1. The first kappa shape index (κ1) is 20.3. The van der Waals surface area contributed by atoms with Gasteiger partial charge in [-0.3, -0.25) is 9.78 Å². The Hall–Kier alpha value is -3.45. The minimum atomic E-state index is -0.983. The number of hydrogen-bond acceptors (Lipinski definition) is 5. The van der Waals surface area contributed by atoms with Gasteiger partial charge in [0.05, 0.1) is 25.5 Å². The van der Waals surface area contributed by atoms with Crippen LogP contribution in [-0.4, -0.2) is 36.8 Å². The van der Waals surface area contributed by atoms with E-state index in [2.05, 4.69) is 10.3 Å². The molecular formula is C22H21FN2O4. The van der Waals surface area contributed by atoms with Crippen LogP contribution in [0.1, 0.15) is 22.0 Å². The molecule has 0 radical (unpaired) electrons. The normalized spacial score (nSPS) is 11.6. The zero-order chi connectivity index (χ0) is 20.8. The fourth-order valence-electron chi connectivity index (χ4n) is 2.85. The molecule has 1 amide bonds. The van der Waals surface area contributed by atoms with Gasteiger partial charge in [-0.2, -0.15) is 0 Å². The van der Waals surface area contributed by atoms with E-state index >= 15 is 0 Å². The summed E-state index contributed by atoms with van der Waals surface area (Å²) in [5.74, 6) is 0.328. The average molecular weight is 396 g/mol. The van der Waals surface area contributed by atoms with Crippen molar-refractivity contribution in [3.05, 3.63) is 77.7 Å². The highest BCUT2D eigenvalue weighted by Gasteiger charge is 2.16. The van der Waals surface area contributed by atoms with E-state index in [1.54, 1.807) is 42.5 Å². The predicted molar refractivity (Wildman–Crippen MR) is 106 cm³/mol. The minimum Gasteiger partial charge on any atom is -0.497 e. The van der Waals surface area contributed by atoms with Crippen molar-refractivity contribution in [2.45, 2.75) is 6.10 Å². The van der Waals surface area contributed by atoms with E-state index in [-0.39, 0.29) is 18.3 Å². The number of hydrogen-bond donors (Lipinski definition) is 2. The summed E-state index contributed by atoms with van der Waals surface area (Å²) in [5.41, 5.74) is 2.02. The van der Waals surface area contributed by atoms with Gasteiger partial charge in [0, 0.05) is 23.9 Å². The maximum atomic E-state index is 13.3. The first-order valence-corrected chi connectivity index (χ1v) is 8.92. The molecule has 1 heterocycles. The summed E-state index contributed by atoms with van der Waals surface area (Å²) in [6.07, 6.45) is 0.428. The molecule has 0 fully saturated rings. The van der Waals surface area contributed by atoms with E-state index in [9.17, 15) is 14.3 Å². The number of nitrogens with one attached hydrogen (secondary N) is 1. The summed E-state index contributed by atoms with van der Waals surface area (Å²) < 4.78 is 23.8. The molecule has 0 aliphatic carbocycles. The number of ether oxygens (including phenoxy) is 2. The predicted octanol–water partition coefficient (Wildman–Crippen LogP) is 3.37. The maximum absolute atomic E-state index is 13.3. The number of nitrogens with zero attached hydrogens (tertiary/aromatic N) is 1. The second kappa shape index (κ2) is 9.16. The molecule has 1 aromatic heterocycles. The van der Waals surface area contributed by atoms with Gasteiger partial charge in [-0.05, 0) is 42.5 Å². The number of amides is 1. The molecule has 1 atom stereocenters. The lowest BCUT2D eigenvalue weighted by Gasteiger charge is -2.16. The fourth-order valence-corrected chi connectivity index (χ4v) is 2.85. The van der Waals surface area contributed by atoms with E-state index < -0.39 is 6.10 Å². The summed E-state index contributed by atoms with van der Waals surface area (Å²) in [4.78, 5) is 16.6. The number of aliphatic hydroxyl groups is 1. The van der Waals surface area contributed by atoms with Crippen LogP contribution in [0.25, 0.3) is 11.3 Å². The topological polar surface area (TPSA) is 80.7 Å². The monoisotopic (exact) mass is 396 g/mol. The Morgan fingerprint density at radius 3 is 2.62 bits per heavy atom. The molecule has 1 unspecified atom stereocenters. The lowest BCUT2D eigenvalue weighted by Crippen LogP contribution is -2.28. The first-order valence-electron chi connectivity index (χ1n) is 8.92. The number of methoxy groups -OCH3 is 2. The Kier molecular flexibility index (Phi) is 6.41. The van der Waals surface area contributed by atoms with Crippen molar-refractivity contribution >= 4 is 5.91 Å². The molecule has 0 aliphatic heterocycles. The van der Waals surface area contributed by atoms with E-state index in [1.165, 1.54) is 32.5 Å². The van der Waals surface area contributed by atoms with Crippen molar-refractivity contribution in [3.8, 4) is 22.8 Å². The van der Waals surface area contributed by atoms with E-state index in [1.807, 2.05) is 0 Å². The number of aromatic nitrogens is 1. The molecule has 2 N–H and O–H groups in total. The largest absolute Gasteiger partial charge is 0.497 e. The van der Waals surface area contributed by atoms with Crippen LogP contribution in [0.15, 0.2) is 60.8 Å². The average Bonchev–Trinajstić information content (AvgIpc) is 2.76. The SMILES string of the molecule is COc1ccc(OC)c(C(O)CNC(=O)c2ccc(-c3cccc(F)c3)nc2)c1. The Balaban J connectivity index is 1.66. The molecule has 6 nitrogen and oxygen atoms in total. The summed E-state index contributed by atoms with van der Waals surface area (Å²) in [7, 11) is 3.03. The second-order valence-electron chi connectivity index (χ2n) is 6.28. The standard InChI is InChI=1S/C22H21FN2O4/c1-28-17-7-9-21(29-2)18(11-17)20(26)13-25-22(27)15-6-8-19(24-12-15)14-4-3-5-16(23)10-14/h3-12,20,26H,13H2,1-2H3,(H,25,27). The van der Waals surface area contributed by atoms with Gasteiger partial charge in [-0.15, -0.1) is 0 Å². The van der Waals surface area contributed by atoms with Crippen LogP contribution in [0.3, 0.4) is 0 Å². The molecule has 0 saturated carbocycles. The van der Waals surface area contributed by atoms with Crippen molar-refractivity contribution < 1.29 is 23.8 Å². The Labute approximate surface area is 167 Å². The molecule has 3 rings (SSSR count). The maximum Gasteiger partial charge on any atom is 0.252 e. The third kappa shape index (κ3) is 4.89. The molecular weight excluding hydrogens is 375 g/mol.